The third-order valence-electron chi connectivity index (χ3n) is 5.07. The predicted octanol–water partition coefficient (Wildman–Crippen LogP) is 6.15. The highest BCUT2D eigenvalue weighted by Crippen LogP contribution is 2.42. The van der Waals surface area contributed by atoms with E-state index >= 15 is 0 Å². The number of hydrogen-bond donors (Lipinski definition) is 0. The Morgan fingerprint density at radius 1 is 0.941 bits per heavy atom. The number of methoxy groups -OCH3 is 3. The summed E-state index contributed by atoms with van der Waals surface area (Å²) in [6.45, 7) is 0. The molecule has 0 saturated heterocycles. The van der Waals surface area contributed by atoms with E-state index in [9.17, 15) is 9.18 Å². The molecule has 0 bridgehead atoms. The van der Waals surface area contributed by atoms with E-state index in [0.717, 1.165) is 5.56 Å². The summed E-state index contributed by atoms with van der Waals surface area (Å²) in [5, 5.41) is 1.52. The zero-order valence-corrected chi connectivity index (χ0v) is 20.7. The van der Waals surface area contributed by atoms with E-state index in [-0.39, 0.29) is 16.7 Å². The Bertz CT molecular complexity index is 1430. The normalized spacial score (nSPS) is 11.0. The summed E-state index contributed by atoms with van der Waals surface area (Å²) >= 11 is 13.5. The van der Waals surface area contributed by atoms with Crippen LogP contribution in [-0.2, 0) is 5.75 Å². The van der Waals surface area contributed by atoms with Gasteiger partial charge in [-0.05, 0) is 48.0 Å². The molecule has 0 saturated carbocycles. The SMILES string of the molecule is COc1cc2c(=O)n(-c3ccc(F)cc3)c(SCc3ccc(Cl)c(Cl)c3)nc2c(OC)c1OC. The minimum Gasteiger partial charge on any atom is -0.493 e. The zero-order chi connectivity index (χ0) is 24.4. The second-order valence-electron chi connectivity index (χ2n) is 7.09. The van der Waals surface area contributed by atoms with Crippen LogP contribution in [0.2, 0.25) is 10.0 Å². The molecule has 3 aromatic carbocycles. The van der Waals surface area contributed by atoms with Crippen LogP contribution in [0.15, 0.2) is 58.5 Å². The summed E-state index contributed by atoms with van der Waals surface area (Å²) < 4.78 is 31.4. The lowest BCUT2D eigenvalue weighted by Crippen LogP contribution is -2.22. The number of ether oxygens (including phenoxy) is 3. The van der Waals surface area contributed by atoms with Crippen LogP contribution >= 0.6 is 35.0 Å². The minimum absolute atomic E-state index is 0.262. The van der Waals surface area contributed by atoms with Crippen LogP contribution in [0, 0.1) is 5.82 Å². The smallest absolute Gasteiger partial charge is 0.266 e. The molecule has 176 valence electrons. The molecule has 10 heteroatoms. The fourth-order valence-corrected chi connectivity index (χ4v) is 4.73. The van der Waals surface area contributed by atoms with Gasteiger partial charge in [0.25, 0.3) is 5.56 Å². The van der Waals surface area contributed by atoms with Gasteiger partial charge in [-0.3, -0.25) is 9.36 Å². The molecule has 0 aliphatic heterocycles. The number of benzene rings is 3. The van der Waals surface area contributed by atoms with Gasteiger partial charge in [0.1, 0.15) is 11.3 Å². The van der Waals surface area contributed by atoms with Crippen molar-refractivity contribution in [3.63, 3.8) is 0 Å². The molecule has 0 aliphatic carbocycles. The van der Waals surface area contributed by atoms with Gasteiger partial charge in [0.05, 0.1) is 42.4 Å². The molecule has 0 aliphatic rings. The summed E-state index contributed by atoms with van der Waals surface area (Å²) in [5.41, 5.74) is 1.30. The van der Waals surface area contributed by atoms with Crippen molar-refractivity contribution in [2.75, 3.05) is 21.3 Å². The Labute approximate surface area is 209 Å². The summed E-state index contributed by atoms with van der Waals surface area (Å²) in [6.07, 6.45) is 0. The van der Waals surface area contributed by atoms with Crippen molar-refractivity contribution in [2.45, 2.75) is 10.9 Å². The number of thioether (sulfide) groups is 1. The number of aromatic nitrogens is 2. The Kier molecular flexibility index (Phi) is 7.21. The van der Waals surface area contributed by atoms with E-state index in [1.807, 2.05) is 6.07 Å². The zero-order valence-electron chi connectivity index (χ0n) is 18.4. The Hall–Kier alpha value is -2.94. The third kappa shape index (κ3) is 4.53. The topological polar surface area (TPSA) is 62.6 Å². The highest BCUT2D eigenvalue weighted by molar-refractivity contribution is 7.98. The molecule has 34 heavy (non-hydrogen) atoms. The Balaban J connectivity index is 1.95. The number of nitrogens with zero attached hydrogens (tertiary/aromatic N) is 2. The molecule has 4 rings (SSSR count). The highest BCUT2D eigenvalue weighted by atomic mass is 35.5. The molecule has 4 aromatic rings. The van der Waals surface area contributed by atoms with Crippen LogP contribution in [0.4, 0.5) is 4.39 Å². The summed E-state index contributed by atoms with van der Waals surface area (Å²) in [6, 6.07) is 12.5. The van der Waals surface area contributed by atoms with Crippen molar-refractivity contribution >= 4 is 45.9 Å². The minimum atomic E-state index is -0.413. The van der Waals surface area contributed by atoms with Gasteiger partial charge in [0.2, 0.25) is 5.75 Å². The maximum atomic E-state index is 13.7. The van der Waals surface area contributed by atoms with Crippen molar-refractivity contribution < 1.29 is 18.6 Å². The van der Waals surface area contributed by atoms with Crippen molar-refractivity contribution in [3.8, 4) is 22.9 Å². The molecule has 0 fully saturated rings. The molecule has 0 radical (unpaired) electrons. The quantitative estimate of drug-likeness (QED) is 0.215. The summed E-state index contributed by atoms with van der Waals surface area (Å²) in [5.74, 6) is 0.961. The van der Waals surface area contributed by atoms with E-state index in [2.05, 4.69) is 0 Å². The van der Waals surface area contributed by atoms with Gasteiger partial charge in [-0.2, -0.15) is 0 Å². The fraction of sp³-hybridized carbons (Fsp3) is 0.167. The maximum absolute atomic E-state index is 13.7. The summed E-state index contributed by atoms with van der Waals surface area (Å²) in [7, 11) is 4.41. The van der Waals surface area contributed by atoms with Gasteiger partial charge in [-0.15, -0.1) is 0 Å². The van der Waals surface area contributed by atoms with Crippen molar-refractivity contribution in [1.29, 1.82) is 0 Å². The molecular weight excluding hydrogens is 502 g/mol. The van der Waals surface area contributed by atoms with Crippen LogP contribution < -0.4 is 19.8 Å². The van der Waals surface area contributed by atoms with Crippen LogP contribution in [0.3, 0.4) is 0 Å². The van der Waals surface area contributed by atoms with Crippen molar-refractivity contribution in [2.24, 2.45) is 0 Å². The Morgan fingerprint density at radius 3 is 2.26 bits per heavy atom. The van der Waals surface area contributed by atoms with Crippen LogP contribution in [0.1, 0.15) is 5.56 Å². The van der Waals surface area contributed by atoms with Crippen LogP contribution in [0.25, 0.3) is 16.6 Å². The van der Waals surface area contributed by atoms with E-state index < -0.39 is 5.82 Å². The maximum Gasteiger partial charge on any atom is 0.266 e. The second kappa shape index (κ2) is 10.1. The van der Waals surface area contributed by atoms with Gasteiger partial charge in [-0.1, -0.05) is 41.0 Å². The first-order valence-corrected chi connectivity index (χ1v) is 11.7. The second-order valence-corrected chi connectivity index (χ2v) is 8.85. The molecule has 0 unspecified atom stereocenters. The van der Waals surface area contributed by atoms with Gasteiger partial charge in [0.15, 0.2) is 16.7 Å². The standard InChI is InChI=1S/C24H19Cl2FN2O4S/c1-31-19-11-16-20(22(33-3)21(19)32-2)28-24(34-12-13-4-9-17(25)18(26)10-13)29(23(16)30)15-7-5-14(27)6-8-15/h4-11H,12H2,1-3H3. The molecule has 0 atom stereocenters. The predicted molar refractivity (Wildman–Crippen MR) is 133 cm³/mol. The van der Waals surface area contributed by atoms with Gasteiger partial charge < -0.3 is 14.2 Å². The van der Waals surface area contributed by atoms with E-state index in [4.69, 9.17) is 42.4 Å². The number of halogens is 3. The lowest BCUT2D eigenvalue weighted by Gasteiger charge is -2.17. The molecule has 0 N–H and O–H groups in total. The average molecular weight is 521 g/mol. The fourth-order valence-electron chi connectivity index (χ4n) is 3.46. The molecule has 0 amide bonds. The third-order valence-corrected chi connectivity index (χ3v) is 6.82. The van der Waals surface area contributed by atoms with Crippen LogP contribution in [-0.4, -0.2) is 30.9 Å². The largest absolute Gasteiger partial charge is 0.493 e. The first kappa shape index (κ1) is 24.2. The number of fused-ring (bicyclic) bond motifs is 1. The van der Waals surface area contributed by atoms with Gasteiger partial charge >= 0.3 is 0 Å². The number of rotatable bonds is 7. The lowest BCUT2D eigenvalue weighted by molar-refractivity contribution is 0.326. The first-order chi connectivity index (χ1) is 16.4. The molecule has 0 spiro atoms. The van der Waals surface area contributed by atoms with Crippen LogP contribution in [0.5, 0.6) is 17.2 Å². The van der Waals surface area contributed by atoms with E-state index in [0.29, 0.717) is 43.7 Å². The first-order valence-electron chi connectivity index (χ1n) is 9.96. The van der Waals surface area contributed by atoms with Gasteiger partial charge in [0, 0.05) is 5.75 Å². The van der Waals surface area contributed by atoms with E-state index in [1.54, 1.807) is 18.2 Å². The Morgan fingerprint density at radius 2 is 1.65 bits per heavy atom. The molecule has 1 heterocycles. The highest BCUT2D eigenvalue weighted by Gasteiger charge is 2.22. The monoisotopic (exact) mass is 520 g/mol. The molecule has 1 aromatic heterocycles. The molecule has 6 nitrogen and oxygen atoms in total. The lowest BCUT2D eigenvalue weighted by atomic mass is 10.2. The average Bonchev–Trinajstić information content (AvgIpc) is 2.84. The van der Waals surface area contributed by atoms with Gasteiger partial charge in [-0.25, -0.2) is 9.37 Å². The molecular formula is C24H19Cl2FN2O4S. The number of hydrogen-bond acceptors (Lipinski definition) is 6. The van der Waals surface area contributed by atoms with Crippen molar-refractivity contribution in [3.05, 3.63) is 80.3 Å². The van der Waals surface area contributed by atoms with Crippen molar-refractivity contribution in [1.82, 2.24) is 9.55 Å². The summed E-state index contributed by atoms with van der Waals surface area (Å²) in [4.78, 5) is 18.5. The van der Waals surface area contributed by atoms with E-state index in [1.165, 1.54) is 61.9 Å².